The molecule has 5 heteroatoms. The van der Waals surface area contributed by atoms with Gasteiger partial charge in [-0.1, -0.05) is 0 Å². The van der Waals surface area contributed by atoms with Crippen LogP contribution in [-0.2, 0) is 4.79 Å². The quantitative estimate of drug-likeness (QED) is 0.530. The van der Waals surface area contributed by atoms with Gasteiger partial charge in [0, 0.05) is 0 Å². The predicted octanol–water partition coefficient (Wildman–Crippen LogP) is 0.140. The van der Waals surface area contributed by atoms with E-state index in [9.17, 15) is 4.79 Å². The van der Waals surface area contributed by atoms with Gasteiger partial charge in [-0.15, -0.1) is 12.4 Å². The molecule has 0 aliphatic rings. The van der Waals surface area contributed by atoms with Crippen LogP contribution in [0.25, 0.3) is 0 Å². The molecular formula is C4H10ClNO2S. The van der Waals surface area contributed by atoms with Crippen LogP contribution >= 0.6 is 25.0 Å². The fourth-order valence-electron chi connectivity index (χ4n) is 0.263. The summed E-state index contributed by atoms with van der Waals surface area (Å²) < 4.78 is 0. The number of aliphatic carboxylic acids is 1. The minimum atomic E-state index is -0.959. The Morgan fingerprint density at radius 2 is 2.22 bits per heavy atom. The molecule has 0 bridgehead atoms. The number of halogens is 1. The van der Waals surface area contributed by atoms with Crippen LogP contribution in [0.4, 0.5) is 0 Å². The van der Waals surface area contributed by atoms with Crippen LogP contribution < -0.4 is 5.73 Å². The first-order valence-electron chi connectivity index (χ1n) is 2.27. The number of nitrogens with two attached hydrogens (primary N) is 1. The first-order valence-corrected chi connectivity index (χ1v) is 2.91. The topological polar surface area (TPSA) is 63.3 Å². The molecular weight excluding hydrogens is 162 g/mol. The molecule has 9 heavy (non-hydrogen) atoms. The summed E-state index contributed by atoms with van der Waals surface area (Å²) in [6, 6.07) is -0.743. The molecule has 3 nitrogen and oxygen atoms in total. The third-order valence-electron chi connectivity index (χ3n) is 0.757. The molecule has 0 aromatic carbocycles. The monoisotopic (exact) mass is 171 g/mol. The predicted molar refractivity (Wildman–Crippen MR) is 41.3 cm³/mol. The highest BCUT2D eigenvalue weighted by molar-refractivity contribution is 7.80. The van der Waals surface area contributed by atoms with Crippen molar-refractivity contribution in [2.75, 3.05) is 5.75 Å². The Balaban J connectivity index is 0. The van der Waals surface area contributed by atoms with Crippen LogP contribution in [-0.4, -0.2) is 22.9 Å². The highest BCUT2D eigenvalue weighted by Crippen LogP contribution is 1.88. The second-order valence-electron chi connectivity index (χ2n) is 1.46. The van der Waals surface area contributed by atoms with E-state index in [0.717, 1.165) is 0 Å². The van der Waals surface area contributed by atoms with Gasteiger partial charge in [-0.05, 0) is 12.2 Å². The van der Waals surface area contributed by atoms with Crippen molar-refractivity contribution in [1.29, 1.82) is 0 Å². The summed E-state index contributed by atoms with van der Waals surface area (Å²) in [5.74, 6) is -0.438. The fourth-order valence-corrected chi connectivity index (χ4v) is 0.541. The van der Waals surface area contributed by atoms with E-state index in [2.05, 4.69) is 12.6 Å². The number of hydrogen-bond acceptors (Lipinski definition) is 3. The van der Waals surface area contributed by atoms with Crippen LogP contribution in [0.1, 0.15) is 6.42 Å². The molecule has 0 aromatic rings. The molecule has 0 amide bonds. The first-order chi connectivity index (χ1) is 3.68. The molecule has 1 atom stereocenters. The average Bonchev–Trinajstić information content (AvgIpc) is 1.67. The molecule has 56 valence electrons. The van der Waals surface area contributed by atoms with E-state index in [0.29, 0.717) is 12.2 Å². The largest absolute Gasteiger partial charge is 0.480 e. The van der Waals surface area contributed by atoms with Crippen molar-refractivity contribution in [3.63, 3.8) is 0 Å². The molecule has 0 radical (unpaired) electrons. The zero-order valence-corrected chi connectivity index (χ0v) is 6.49. The van der Waals surface area contributed by atoms with Crippen LogP contribution in [0.3, 0.4) is 0 Å². The summed E-state index contributed by atoms with van der Waals surface area (Å²) in [7, 11) is 0. The lowest BCUT2D eigenvalue weighted by atomic mass is 10.2. The molecule has 0 saturated heterocycles. The van der Waals surface area contributed by atoms with Crippen molar-refractivity contribution in [1.82, 2.24) is 0 Å². The van der Waals surface area contributed by atoms with Gasteiger partial charge in [0.1, 0.15) is 6.04 Å². The molecule has 0 saturated carbocycles. The Kier molecular flexibility index (Phi) is 8.13. The van der Waals surface area contributed by atoms with Gasteiger partial charge < -0.3 is 10.8 Å². The Labute approximate surface area is 65.4 Å². The van der Waals surface area contributed by atoms with Gasteiger partial charge in [-0.2, -0.15) is 12.6 Å². The highest BCUT2D eigenvalue weighted by Gasteiger charge is 2.08. The van der Waals surface area contributed by atoms with E-state index in [-0.39, 0.29) is 12.4 Å². The standard InChI is InChI=1S/C4H9NO2S.ClH/c5-3(1-2-8)4(6)7;/h3,8H,1-2,5H2,(H,6,7);1H/t3-;/m0./s1. The Morgan fingerprint density at radius 3 is 2.33 bits per heavy atom. The maximum Gasteiger partial charge on any atom is 0.320 e. The Morgan fingerprint density at radius 1 is 1.78 bits per heavy atom. The van der Waals surface area contributed by atoms with Crippen LogP contribution in [0.2, 0.25) is 0 Å². The van der Waals surface area contributed by atoms with Crippen LogP contribution in [0, 0.1) is 0 Å². The SMILES string of the molecule is Cl.N[C@@H](CCS)C(=O)O. The van der Waals surface area contributed by atoms with E-state index < -0.39 is 12.0 Å². The Hall–Kier alpha value is 0.0700. The number of carboxylic acids is 1. The fraction of sp³-hybridized carbons (Fsp3) is 0.750. The molecule has 0 heterocycles. The number of thiol groups is 1. The first kappa shape index (κ1) is 11.8. The highest BCUT2D eigenvalue weighted by atomic mass is 35.5. The molecule has 0 spiro atoms. The molecule has 0 unspecified atom stereocenters. The van der Waals surface area contributed by atoms with E-state index in [1.54, 1.807) is 0 Å². The minimum Gasteiger partial charge on any atom is -0.480 e. The normalized spacial score (nSPS) is 11.8. The van der Waals surface area contributed by atoms with E-state index in [1.807, 2.05) is 0 Å². The lowest BCUT2D eigenvalue weighted by molar-refractivity contribution is -0.138. The molecule has 0 fully saturated rings. The van der Waals surface area contributed by atoms with E-state index in [1.165, 1.54) is 0 Å². The van der Waals surface area contributed by atoms with Gasteiger partial charge in [0.25, 0.3) is 0 Å². The van der Waals surface area contributed by atoms with Gasteiger partial charge in [0.2, 0.25) is 0 Å². The van der Waals surface area contributed by atoms with Gasteiger partial charge in [0.05, 0.1) is 0 Å². The van der Waals surface area contributed by atoms with Crippen molar-refractivity contribution in [3.05, 3.63) is 0 Å². The van der Waals surface area contributed by atoms with E-state index >= 15 is 0 Å². The summed E-state index contributed by atoms with van der Waals surface area (Å²) in [6.45, 7) is 0. The zero-order valence-electron chi connectivity index (χ0n) is 4.78. The number of carboxylic acid groups (broad SMARTS) is 1. The smallest absolute Gasteiger partial charge is 0.320 e. The molecule has 0 aliphatic carbocycles. The maximum atomic E-state index is 9.93. The number of carbonyl (C=O) groups is 1. The third-order valence-corrected chi connectivity index (χ3v) is 1.02. The lowest BCUT2D eigenvalue weighted by Crippen LogP contribution is -2.30. The summed E-state index contributed by atoms with van der Waals surface area (Å²) in [5, 5.41) is 8.15. The second kappa shape index (κ2) is 6.19. The Bertz CT molecular complexity index is 90.6. The molecule has 0 aromatic heterocycles. The van der Waals surface area contributed by atoms with Crippen molar-refractivity contribution in [2.24, 2.45) is 5.73 Å². The molecule has 0 aliphatic heterocycles. The van der Waals surface area contributed by atoms with Gasteiger partial charge in [-0.3, -0.25) is 4.79 Å². The average molecular weight is 172 g/mol. The van der Waals surface area contributed by atoms with Crippen molar-refractivity contribution in [2.45, 2.75) is 12.5 Å². The van der Waals surface area contributed by atoms with Crippen molar-refractivity contribution < 1.29 is 9.90 Å². The van der Waals surface area contributed by atoms with Gasteiger partial charge in [-0.25, -0.2) is 0 Å². The lowest BCUT2D eigenvalue weighted by Gasteiger charge is -2.00. The summed E-state index contributed by atoms with van der Waals surface area (Å²) in [4.78, 5) is 9.93. The zero-order chi connectivity index (χ0) is 6.57. The minimum absolute atomic E-state index is 0. The van der Waals surface area contributed by atoms with E-state index in [4.69, 9.17) is 10.8 Å². The number of rotatable bonds is 3. The summed E-state index contributed by atoms with van der Waals surface area (Å²) >= 11 is 3.81. The third kappa shape index (κ3) is 5.95. The van der Waals surface area contributed by atoms with Crippen LogP contribution in [0.15, 0.2) is 0 Å². The summed E-state index contributed by atoms with van der Waals surface area (Å²) in [5.41, 5.74) is 5.08. The van der Waals surface area contributed by atoms with Crippen LogP contribution in [0.5, 0.6) is 0 Å². The van der Waals surface area contributed by atoms with Crippen molar-refractivity contribution in [3.8, 4) is 0 Å². The number of hydrogen-bond donors (Lipinski definition) is 3. The maximum absolute atomic E-state index is 9.93. The second-order valence-corrected chi connectivity index (χ2v) is 1.90. The molecule has 3 N–H and O–H groups in total. The van der Waals surface area contributed by atoms with Crippen molar-refractivity contribution >= 4 is 31.0 Å². The summed E-state index contributed by atoms with van der Waals surface area (Å²) in [6.07, 6.45) is 0.429. The molecule has 0 rings (SSSR count). The van der Waals surface area contributed by atoms with Gasteiger partial charge in [0.15, 0.2) is 0 Å². The van der Waals surface area contributed by atoms with Gasteiger partial charge >= 0.3 is 5.97 Å².